The second kappa shape index (κ2) is 13.3. The first kappa shape index (κ1) is 25.9. The molecule has 1 aliphatic heterocycles. The smallest absolute Gasteiger partial charge is 0.257 e. The first-order valence-corrected chi connectivity index (χ1v) is 12.0. The number of benzene rings is 1. The van der Waals surface area contributed by atoms with Crippen LogP contribution in [0.1, 0.15) is 54.4 Å². The Morgan fingerprint density at radius 2 is 2.14 bits per heavy atom. The number of halogens is 1. The molecule has 0 bridgehead atoms. The zero-order valence-corrected chi connectivity index (χ0v) is 20.4. The number of amides is 1. The zero-order chi connectivity index (χ0) is 25.0. The van der Waals surface area contributed by atoms with Gasteiger partial charge in [0.1, 0.15) is 5.75 Å². The SMILES string of the molecule is COc1cccc(C)c1C(=O)N1CCC(CCCCCCN/C(=N/C#N)Nc2ccnc(F)c2)C1. The lowest BCUT2D eigenvalue weighted by Gasteiger charge is -2.19. The number of anilines is 1. The van der Waals surface area contributed by atoms with Gasteiger partial charge in [0.2, 0.25) is 18.1 Å². The number of nitrogens with one attached hydrogen (secondary N) is 2. The lowest BCUT2D eigenvalue weighted by atomic mass is 10.00. The Hall–Kier alpha value is -3.67. The first-order chi connectivity index (χ1) is 17.0. The van der Waals surface area contributed by atoms with Gasteiger partial charge in [-0.15, -0.1) is 4.99 Å². The number of aromatic nitrogens is 1. The molecule has 0 radical (unpaired) electrons. The number of nitrogens with zero attached hydrogens (tertiary/aromatic N) is 4. The summed E-state index contributed by atoms with van der Waals surface area (Å²) >= 11 is 0. The molecule has 0 aliphatic carbocycles. The third kappa shape index (κ3) is 7.67. The molecule has 2 heterocycles. The standard InChI is InChI=1S/C26H33FN6O2/c1-19-8-7-10-22(35-2)24(19)25(34)33-15-12-20(17-33)9-5-3-4-6-13-30-26(31-18-28)32-21-11-14-29-23(27)16-21/h7-8,10-11,14,16,20H,3-6,9,12-13,15,17H2,1-2H3,(H2,29,30,31,32). The van der Waals surface area contributed by atoms with E-state index in [0.29, 0.717) is 35.4 Å². The molecule has 1 unspecified atom stereocenters. The predicted octanol–water partition coefficient (Wildman–Crippen LogP) is 4.49. The van der Waals surface area contributed by atoms with Crippen LogP contribution in [0.5, 0.6) is 5.75 Å². The molecule has 1 amide bonds. The quantitative estimate of drug-likeness (QED) is 0.171. The van der Waals surface area contributed by atoms with Crippen molar-refractivity contribution in [1.29, 1.82) is 5.26 Å². The molecule has 35 heavy (non-hydrogen) atoms. The van der Waals surface area contributed by atoms with E-state index in [9.17, 15) is 9.18 Å². The summed E-state index contributed by atoms with van der Waals surface area (Å²) in [6, 6.07) is 8.54. The summed E-state index contributed by atoms with van der Waals surface area (Å²) in [5, 5.41) is 14.8. The summed E-state index contributed by atoms with van der Waals surface area (Å²) in [5.41, 5.74) is 2.09. The number of rotatable bonds is 10. The number of aliphatic imine (C=N–C) groups is 1. The largest absolute Gasteiger partial charge is 0.496 e. The van der Waals surface area contributed by atoms with Crippen molar-refractivity contribution in [1.82, 2.24) is 15.2 Å². The van der Waals surface area contributed by atoms with E-state index in [4.69, 9.17) is 10.00 Å². The maximum Gasteiger partial charge on any atom is 0.257 e. The molecule has 8 nitrogen and oxygen atoms in total. The van der Waals surface area contributed by atoms with Gasteiger partial charge in [0.15, 0.2) is 0 Å². The fourth-order valence-corrected chi connectivity index (χ4v) is 4.39. The van der Waals surface area contributed by atoms with E-state index < -0.39 is 5.95 Å². The molecule has 1 saturated heterocycles. The van der Waals surface area contributed by atoms with Crippen LogP contribution in [0.4, 0.5) is 10.1 Å². The molecule has 1 aromatic carbocycles. The van der Waals surface area contributed by atoms with Gasteiger partial charge in [-0.05, 0) is 49.8 Å². The van der Waals surface area contributed by atoms with Gasteiger partial charge in [-0.1, -0.05) is 31.4 Å². The molecule has 2 N–H and O–H groups in total. The lowest BCUT2D eigenvalue weighted by molar-refractivity contribution is 0.0782. The highest BCUT2D eigenvalue weighted by Crippen LogP contribution is 2.28. The van der Waals surface area contributed by atoms with Crippen LogP contribution in [0.15, 0.2) is 41.5 Å². The number of ether oxygens (including phenoxy) is 1. The predicted molar refractivity (Wildman–Crippen MR) is 134 cm³/mol. The molecule has 1 aromatic heterocycles. The third-order valence-corrected chi connectivity index (χ3v) is 6.22. The Labute approximate surface area is 206 Å². The molecule has 186 valence electrons. The monoisotopic (exact) mass is 480 g/mol. The second-order valence-corrected chi connectivity index (χ2v) is 8.74. The summed E-state index contributed by atoms with van der Waals surface area (Å²) < 4.78 is 18.6. The summed E-state index contributed by atoms with van der Waals surface area (Å²) in [7, 11) is 1.60. The summed E-state index contributed by atoms with van der Waals surface area (Å²) in [6.45, 7) is 4.20. The molecule has 0 saturated carbocycles. The summed E-state index contributed by atoms with van der Waals surface area (Å²) in [4.78, 5) is 22.2. The number of pyridine rings is 1. The number of unbranched alkanes of at least 4 members (excludes halogenated alkanes) is 3. The van der Waals surface area contributed by atoms with Crippen LogP contribution in [-0.2, 0) is 0 Å². The lowest BCUT2D eigenvalue weighted by Crippen LogP contribution is -2.31. The van der Waals surface area contributed by atoms with E-state index in [1.165, 1.54) is 12.3 Å². The van der Waals surface area contributed by atoms with Crippen LogP contribution in [0, 0.1) is 30.2 Å². The first-order valence-electron chi connectivity index (χ1n) is 12.0. The van der Waals surface area contributed by atoms with Gasteiger partial charge in [-0.2, -0.15) is 9.65 Å². The number of likely N-dealkylation sites (tertiary alicyclic amines) is 1. The van der Waals surface area contributed by atoms with Crippen molar-refractivity contribution in [3.8, 4) is 11.9 Å². The van der Waals surface area contributed by atoms with E-state index in [1.807, 2.05) is 30.0 Å². The van der Waals surface area contributed by atoms with Crippen molar-refractivity contribution < 1.29 is 13.9 Å². The number of carbonyl (C=O) groups excluding carboxylic acids is 1. The van der Waals surface area contributed by atoms with Gasteiger partial charge >= 0.3 is 0 Å². The van der Waals surface area contributed by atoms with Crippen LogP contribution >= 0.6 is 0 Å². The molecule has 3 rings (SSSR count). The van der Waals surface area contributed by atoms with E-state index in [2.05, 4.69) is 20.6 Å². The summed E-state index contributed by atoms with van der Waals surface area (Å²) in [5.74, 6) is 0.922. The van der Waals surface area contributed by atoms with Crippen molar-refractivity contribution in [3.63, 3.8) is 0 Å². The summed E-state index contributed by atoms with van der Waals surface area (Å²) in [6.07, 6.45) is 9.44. The van der Waals surface area contributed by atoms with Crippen molar-refractivity contribution in [3.05, 3.63) is 53.6 Å². The van der Waals surface area contributed by atoms with Crippen LogP contribution < -0.4 is 15.4 Å². The number of guanidine groups is 1. The highest BCUT2D eigenvalue weighted by Gasteiger charge is 2.28. The second-order valence-electron chi connectivity index (χ2n) is 8.74. The molecule has 9 heteroatoms. The fourth-order valence-electron chi connectivity index (χ4n) is 4.39. The van der Waals surface area contributed by atoms with E-state index in [-0.39, 0.29) is 5.91 Å². The molecule has 1 atom stereocenters. The highest BCUT2D eigenvalue weighted by molar-refractivity contribution is 5.98. The average Bonchev–Trinajstić information content (AvgIpc) is 3.32. The molecule has 2 aromatic rings. The Morgan fingerprint density at radius 3 is 2.91 bits per heavy atom. The minimum atomic E-state index is -0.601. The van der Waals surface area contributed by atoms with Gasteiger partial charge in [0.05, 0.1) is 12.7 Å². The zero-order valence-electron chi connectivity index (χ0n) is 20.4. The Balaban J connectivity index is 1.33. The molecule has 1 aliphatic rings. The van der Waals surface area contributed by atoms with E-state index in [0.717, 1.165) is 57.2 Å². The molecular formula is C26H33FN6O2. The Bertz CT molecular complexity index is 1070. The number of hydrogen-bond acceptors (Lipinski definition) is 5. The van der Waals surface area contributed by atoms with Gasteiger partial charge in [-0.25, -0.2) is 4.98 Å². The van der Waals surface area contributed by atoms with Crippen molar-refractivity contribution in [2.24, 2.45) is 10.9 Å². The van der Waals surface area contributed by atoms with Crippen LogP contribution in [0.2, 0.25) is 0 Å². The molecule has 1 fully saturated rings. The number of nitriles is 1. The van der Waals surface area contributed by atoms with Crippen molar-refractivity contribution in [2.75, 3.05) is 32.1 Å². The highest BCUT2D eigenvalue weighted by atomic mass is 19.1. The van der Waals surface area contributed by atoms with Gasteiger partial charge in [-0.3, -0.25) is 4.79 Å². The number of carbonyl (C=O) groups is 1. The minimum Gasteiger partial charge on any atom is -0.496 e. The Kier molecular flexibility index (Phi) is 9.84. The fraction of sp³-hybridized carbons (Fsp3) is 0.462. The van der Waals surface area contributed by atoms with Crippen LogP contribution in [0.3, 0.4) is 0 Å². The number of methoxy groups -OCH3 is 1. The minimum absolute atomic E-state index is 0.0616. The number of hydrogen-bond donors (Lipinski definition) is 2. The molecule has 0 spiro atoms. The van der Waals surface area contributed by atoms with E-state index >= 15 is 0 Å². The average molecular weight is 481 g/mol. The maximum absolute atomic E-state index is 13.2. The normalized spacial score (nSPS) is 15.5. The van der Waals surface area contributed by atoms with E-state index in [1.54, 1.807) is 19.4 Å². The van der Waals surface area contributed by atoms with Crippen molar-refractivity contribution >= 4 is 17.6 Å². The van der Waals surface area contributed by atoms with Crippen molar-refractivity contribution in [2.45, 2.75) is 45.4 Å². The van der Waals surface area contributed by atoms with Crippen LogP contribution in [-0.4, -0.2) is 48.5 Å². The topological polar surface area (TPSA) is 103 Å². The van der Waals surface area contributed by atoms with Crippen LogP contribution in [0.25, 0.3) is 0 Å². The van der Waals surface area contributed by atoms with Gasteiger partial charge < -0.3 is 20.3 Å². The number of aryl methyl sites for hydroxylation is 1. The Morgan fingerprint density at radius 1 is 1.31 bits per heavy atom. The third-order valence-electron chi connectivity index (χ3n) is 6.22. The molecular weight excluding hydrogens is 447 g/mol. The van der Waals surface area contributed by atoms with Gasteiger partial charge in [0.25, 0.3) is 5.91 Å². The van der Waals surface area contributed by atoms with Gasteiger partial charge in [0, 0.05) is 37.6 Å². The maximum atomic E-state index is 13.2.